The van der Waals surface area contributed by atoms with Gasteiger partial charge in [-0.2, -0.15) is 13.2 Å². The molecule has 0 bridgehead atoms. The average Bonchev–Trinajstić information content (AvgIpc) is 2.52. The molecule has 1 aromatic heterocycles. The summed E-state index contributed by atoms with van der Waals surface area (Å²) in [6.07, 6.45) is -2.23. The number of hydrogen-bond donors (Lipinski definition) is 1. The van der Waals surface area contributed by atoms with Crippen LogP contribution in [0.25, 0.3) is 0 Å². The molecule has 0 fully saturated rings. The van der Waals surface area contributed by atoms with Crippen LogP contribution >= 0.6 is 23.2 Å². The first-order valence-corrected chi connectivity index (χ1v) is 8.05. The molecule has 3 rings (SSSR count). The molecule has 0 aliphatic carbocycles. The Hall–Kier alpha value is -1.99. The van der Waals surface area contributed by atoms with Crippen molar-refractivity contribution in [3.05, 3.63) is 57.3 Å². The third-order valence-electron chi connectivity index (χ3n) is 3.87. The highest BCUT2D eigenvalue weighted by Crippen LogP contribution is 2.36. The molecule has 9 heteroatoms. The Morgan fingerprint density at radius 3 is 2.64 bits per heavy atom. The molecule has 0 saturated heterocycles. The summed E-state index contributed by atoms with van der Waals surface area (Å²) < 4.78 is 38.1. The van der Waals surface area contributed by atoms with Gasteiger partial charge < -0.3 is 10.2 Å². The summed E-state index contributed by atoms with van der Waals surface area (Å²) in [6.45, 7) is 0.814. The van der Waals surface area contributed by atoms with Gasteiger partial charge in [-0.05, 0) is 41.8 Å². The molecule has 1 aliphatic rings. The summed E-state index contributed by atoms with van der Waals surface area (Å²) in [5, 5.41) is 2.44. The number of alkyl halides is 3. The second kappa shape index (κ2) is 6.72. The molecule has 132 valence electrons. The van der Waals surface area contributed by atoms with Crippen LogP contribution in [0, 0.1) is 0 Å². The molecule has 0 saturated carbocycles. The number of pyridine rings is 1. The predicted molar refractivity (Wildman–Crippen MR) is 88.8 cm³/mol. The van der Waals surface area contributed by atoms with E-state index in [0.717, 1.165) is 23.3 Å². The number of anilines is 1. The van der Waals surface area contributed by atoms with Gasteiger partial charge in [0.15, 0.2) is 0 Å². The number of nitrogens with one attached hydrogen (secondary N) is 1. The summed E-state index contributed by atoms with van der Waals surface area (Å²) in [5.74, 6) is 0. The Balaban J connectivity index is 1.72. The largest absolute Gasteiger partial charge is 0.417 e. The lowest BCUT2D eigenvalue weighted by atomic mass is 10.0. The van der Waals surface area contributed by atoms with E-state index in [2.05, 4.69) is 10.3 Å². The Bertz CT molecular complexity index is 827. The topological polar surface area (TPSA) is 45.2 Å². The van der Waals surface area contributed by atoms with Crippen molar-refractivity contribution in [2.24, 2.45) is 0 Å². The standard InChI is InChI=1S/C16H12Cl2F3N3O/c17-13-6-11(1-2-12(13)16(19,20)21)23-15(25)24-4-3-9-7-22-14(18)5-10(9)8-24/h1-2,5-7H,3-4,8H2,(H,23,25). The minimum absolute atomic E-state index is 0.196. The molecule has 0 atom stereocenters. The number of nitrogens with zero attached hydrogens (tertiary/aromatic N) is 2. The molecular weight excluding hydrogens is 378 g/mol. The van der Waals surface area contributed by atoms with Crippen LogP contribution < -0.4 is 5.32 Å². The van der Waals surface area contributed by atoms with Crippen LogP contribution in [0.2, 0.25) is 10.2 Å². The molecule has 2 heterocycles. The van der Waals surface area contributed by atoms with Gasteiger partial charge in [-0.15, -0.1) is 0 Å². The van der Waals surface area contributed by atoms with E-state index in [-0.39, 0.29) is 5.69 Å². The number of carbonyl (C=O) groups is 1. The Morgan fingerprint density at radius 2 is 1.96 bits per heavy atom. The molecule has 1 aliphatic heterocycles. The van der Waals surface area contributed by atoms with Crippen LogP contribution in [0.4, 0.5) is 23.7 Å². The number of halogens is 5. The Labute approximate surface area is 151 Å². The van der Waals surface area contributed by atoms with Crippen LogP contribution in [-0.4, -0.2) is 22.5 Å². The summed E-state index contributed by atoms with van der Waals surface area (Å²) in [6, 6.07) is 4.38. The van der Waals surface area contributed by atoms with Crippen molar-refractivity contribution in [3.8, 4) is 0 Å². The molecule has 0 radical (unpaired) electrons. The van der Waals surface area contributed by atoms with Gasteiger partial charge in [-0.1, -0.05) is 23.2 Å². The van der Waals surface area contributed by atoms with E-state index < -0.39 is 22.8 Å². The lowest BCUT2D eigenvalue weighted by molar-refractivity contribution is -0.137. The molecule has 1 N–H and O–H groups in total. The fraction of sp³-hybridized carbons (Fsp3) is 0.250. The summed E-state index contributed by atoms with van der Waals surface area (Å²) >= 11 is 11.5. The SMILES string of the molecule is O=C(Nc1ccc(C(F)(F)F)c(Cl)c1)N1CCc2cnc(Cl)cc2C1. The van der Waals surface area contributed by atoms with Crippen LogP contribution in [0.15, 0.2) is 30.5 Å². The number of amides is 2. The summed E-state index contributed by atoms with van der Waals surface area (Å²) in [7, 11) is 0. The van der Waals surface area contributed by atoms with Gasteiger partial charge in [0.05, 0.1) is 10.6 Å². The first-order chi connectivity index (χ1) is 11.7. The molecule has 0 unspecified atom stereocenters. The Morgan fingerprint density at radius 1 is 1.20 bits per heavy atom. The van der Waals surface area contributed by atoms with E-state index in [0.29, 0.717) is 24.7 Å². The maximum absolute atomic E-state index is 12.7. The zero-order chi connectivity index (χ0) is 18.2. The minimum atomic E-state index is -4.54. The van der Waals surface area contributed by atoms with Crippen molar-refractivity contribution in [1.29, 1.82) is 0 Å². The van der Waals surface area contributed by atoms with Crippen molar-refractivity contribution in [2.75, 3.05) is 11.9 Å². The van der Waals surface area contributed by atoms with Crippen LogP contribution in [0.5, 0.6) is 0 Å². The molecule has 1 aromatic carbocycles. The highest BCUT2D eigenvalue weighted by molar-refractivity contribution is 6.31. The average molecular weight is 390 g/mol. The summed E-state index contributed by atoms with van der Waals surface area (Å²) in [5.41, 5.74) is 1.17. The van der Waals surface area contributed by atoms with Crippen molar-refractivity contribution in [1.82, 2.24) is 9.88 Å². The van der Waals surface area contributed by atoms with Gasteiger partial charge in [-0.25, -0.2) is 9.78 Å². The molecule has 25 heavy (non-hydrogen) atoms. The van der Waals surface area contributed by atoms with E-state index >= 15 is 0 Å². The predicted octanol–water partition coefficient (Wildman–Crippen LogP) is 5.00. The smallest absolute Gasteiger partial charge is 0.320 e. The zero-order valence-electron chi connectivity index (χ0n) is 12.7. The van der Waals surface area contributed by atoms with Gasteiger partial charge in [0.1, 0.15) is 5.15 Å². The van der Waals surface area contributed by atoms with E-state index in [1.54, 1.807) is 17.2 Å². The second-order valence-corrected chi connectivity index (χ2v) is 6.36. The lowest BCUT2D eigenvalue weighted by Gasteiger charge is -2.28. The van der Waals surface area contributed by atoms with Crippen molar-refractivity contribution in [3.63, 3.8) is 0 Å². The van der Waals surface area contributed by atoms with Crippen molar-refractivity contribution >= 4 is 34.9 Å². The third kappa shape index (κ3) is 3.99. The van der Waals surface area contributed by atoms with E-state index in [9.17, 15) is 18.0 Å². The molecule has 4 nitrogen and oxygen atoms in total. The van der Waals surface area contributed by atoms with Crippen LogP contribution in [-0.2, 0) is 19.1 Å². The Kier molecular flexibility index (Phi) is 4.79. The number of hydrogen-bond acceptors (Lipinski definition) is 2. The maximum atomic E-state index is 12.7. The fourth-order valence-corrected chi connectivity index (χ4v) is 3.08. The van der Waals surface area contributed by atoms with Gasteiger partial charge in [0.25, 0.3) is 0 Å². The van der Waals surface area contributed by atoms with Gasteiger partial charge in [0, 0.05) is 25.0 Å². The summed E-state index contributed by atoms with van der Waals surface area (Å²) in [4.78, 5) is 17.9. The van der Waals surface area contributed by atoms with Crippen molar-refractivity contribution in [2.45, 2.75) is 19.1 Å². The van der Waals surface area contributed by atoms with Gasteiger partial charge in [-0.3, -0.25) is 0 Å². The number of urea groups is 1. The monoisotopic (exact) mass is 389 g/mol. The molecule has 2 aromatic rings. The molecule has 0 spiro atoms. The second-order valence-electron chi connectivity index (χ2n) is 5.57. The number of aromatic nitrogens is 1. The quantitative estimate of drug-likeness (QED) is 0.697. The molecular formula is C16H12Cl2F3N3O. The van der Waals surface area contributed by atoms with E-state index in [4.69, 9.17) is 23.2 Å². The number of fused-ring (bicyclic) bond motifs is 1. The highest BCUT2D eigenvalue weighted by Gasteiger charge is 2.33. The van der Waals surface area contributed by atoms with E-state index in [1.807, 2.05) is 0 Å². The lowest BCUT2D eigenvalue weighted by Crippen LogP contribution is -2.38. The maximum Gasteiger partial charge on any atom is 0.417 e. The third-order valence-corrected chi connectivity index (χ3v) is 4.39. The number of benzene rings is 1. The van der Waals surface area contributed by atoms with Crippen LogP contribution in [0.1, 0.15) is 16.7 Å². The number of rotatable bonds is 1. The minimum Gasteiger partial charge on any atom is -0.320 e. The zero-order valence-corrected chi connectivity index (χ0v) is 14.2. The van der Waals surface area contributed by atoms with Gasteiger partial charge in [0.2, 0.25) is 0 Å². The number of carbonyl (C=O) groups excluding carboxylic acids is 1. The van der Waals surface area contributed by atoms with E-state index in [1.165, 1.54) is 6.07 Å². The van der Waals surface area contributed by atoms with Gasteiger partial charge >= 0.3 is 12.2 Å². The van der Waals surface area contributed by atoms with Crippen molar-refractivity contribution < 1.29 is 18.0 Å². The normalized spacial score (nSPS) is 14.2. The first kappa shape index (κ1) is 17.8. The first-order valence-electron chi connectivity index (χ1n) is 7.30. The molecule has 2 amide bonds. The fourth-order valence-electron chi connectivity index (χ4n) is 2.61. The van der Waals surface area contributed by atoms with Crippen LogP contribution in [0.3, 0.4) is 0 Å². The highest BCUT2D eigenvalue weighted by atomic mass is 35.5.